The standard InChI is InChI=1S/C27H37N9O4.ClH/c1-27(2,30)24(38)33-9-11-34(12-10-33)25(39)31-21-7-8-36(26(40)32-21)17-5-3-16(4-6-17)13-20(28)23(37)35-14-18-19(15-35)22(18)29;/h3-8,18-20,22H,9-15,28-30H2,1-2H3,(H,31,32,39,40);1H/t18?,19?,20-,22?;/m0./s1. The average Bonchev–Trinajstić information content (AvgIpc) is 3.30. The lowest BCUT2D eigenvalue weighted by atomic mass is 10.0. The van der Waals surface area contributed by atoms with Crippen LogP contribution in [0.25, 0.3) is 5.69 Å². The van der Waals surface area contributed by atoms with E-state index < -0.39 is 23.3 Å². The maximum atomic E-state index is 12.7. The van der Waals surface area contributed by atoms with E-state index in [2.05, 4.69) is 10.3 Å². The quantitative estimate of drug-likeness (QED) is 0.343. The number of piperazine rings is 1. The van der Waals surface area contributed by atoms with Gasteiger partial charge in [-0.2, -0.15) is 4.98 Å². The van der Waals surface area contributed by atoms with Crippen LogP contribution < -0.4 is 28.2 Å². The summed E-state index contributed by atoms with van der Waals surface area (Å²) in [6, 6.07) is 7.93. The van der Waals surface area contributed by atoms with E-state index in [1.165, 1.54) is 4.57 Å². The molecule has 5 rings (SSSR count). The number of benzene rings is 1. The van der Waals surface area contributed by atoms with Crippen LogP contribution in [0.15, 0.2) is 41.3 Å². The highest BCUT2D eigenvalue weighted by Crippen LogP contribution is 2.43. The fraction of sp³-hybridized carbons (Fsp3) is 0.519. The van der Waals surface area contributed by atoms with Crippen molar-refractivity contribution in [1.29, 1.82) is 0 Å². The molecule has 2 unspecified atom stereocenters. The summed E-state index contributed by atoms with van der Waals surface area (Å²) in [6.07, 6.45) is 1.93. The second-order valence-corrected chi connectivity index (χ2v) is 11.5. The van der Waals surface area contributed by atoms with Crippen LogP contribution in [0, 0.1) is 11.8 Å². The highest BCUT2D eigenvalue weighted by molar-refractivity contribution is 5.89. The highest BCUT2D eigenvalue weighted by atomic mass is 35.5. The lowest BCUT2D eigenvalue weighted by Gasteiger charge is -2.37. The number of hydrogen-bond acceptors (Lipinski definition) is 8. The number of aromatic nitrogens is 2. The summed E-state index contributed by atoms with van der Waals surface area (Å²) in [5.41, 5.74) is 18.0. The number of amides is 4. The van der Waals surface area contributed by atoms with Gasteiger partial charge >= 0.3 is 11.7 Å². The number of fused-ring (bicyclic) bond motifs is 1. The van der Waals surface area contributed by atoms with E-state index in [0.717, 1.165) is 5.56 Å². The number of likely N-dealkylation sites (tertiary alicyclic amines) is 1. The molecule has 0 spiro atoms. The molecular weight excluding hydrogens is 550 g/mol. The van der Waals surface area contributed by atoms with Crippen molar-refractivity contribution in [2.24, 2.45) is 29.0 Å². The van der Waals surface area contributed by atoms with Crippen LogP contribution in [0.5, 0.6) is 0 Å². The molecule has 3 fully saturated rings. The Morgan fingerprint density at radius 2 is 1.59 bits per heavy atom. The molecule has 7 N–H and O–H groups in total. The molecule has 3 aliphatic rings. The van der Waals surface area contributed by atoms with E-state index in [9.17, 15) is 19.2 Å². The summed E-state index contributed by atoms with van der Waals surface area (Å²) >= 11 is 0. The monoisotopic (exact) mass is 587 g/mol. The molecule has 0 bridgehead atoms. The Morgan fingerprint density at radius 1 is 1.00 bits per heavy atom. The predicted molar refractivity (Wildman–Crippen MR) is 156 cm³/mol. The maximum absolute atomic E-state index is 12.7. The number of anilines is 1. The van der Waals surface area contributed by atoms with Crippen LogP contribution in [0.2, 0.25) is 0 Å². The van der Waals surface area contributed by atoms with Gasteiger partial charge in [0.05, 0.1) is 17.3 Å². The van der Waals surface area contributed by atoms with Crippen molar-refractivity contribution < 1.29 is 14.4 Å². The zero-order chi connectivity index (χ0) is 28.8. The molecule has 2 aromatic rings. The number of carbonyl (C=O) groups excluding carboxylic acids is 3. The lowest BCUT2D eigenvalue weighted by molar-refractivity contribution is -0.137. The third kappa shape index (κ3) is 6.53. The van der Waals surface area contributed by atoms with Gasteiger partial charge in [0.2, 0.25) is 11.8 Å². The third-order valence-corrected chi connectivity index (χ3v) is 8.00. The van der Waals surface area contributed by atoms with Crippen LogP contribution in [-0.4, -0.2) is 99.0 Å². The van der Waals surface area contributed by atoms with Gasteiger partial charge in [0.25, 0.3) is 0 Å². The fourth-order valence-corrected chi connectivity index (χ4v) is 5.50. The molecule has 3 heterocycles. The van der Waals surface area contributed by atoms with Gasteiger partial charge in [0, 0.05) is 51.5 Å². The third-order valence-electron chi connectivity index (χ3n) is 8.00. The molecular formula is C27H38ClN9O4. The Morgan fingerprint density at radius 3 is 2.15 bits per heavy atom. The minimum absolute atomic E-state index is 0. The predicted octanol–water partition coefficient (Wildman–Crippen LogP) is -0.647. The first kappa shape index (κ1) is 30.4. The fourth-order valence-electron chi connectivity index (χ4n) is 5.50. The number of hydrogen-bond donors (Lipinski definition) is 4. The second kappa shape index (κ2) is 11.8. The van der Waals surface area contributed by atoms with Crippen molar-refractivity contribution in [3.05, 3.63) is 52.6 Å². The molecule has 4 amide bonds. The number of urea groups is 1. The summed E-state index contributed by atoms with van der Waals surface area (Å²) in [6.45, 7) is 6.14. The Kier molecular flexibility index (Phi) is 8.73. The van der Waals surface area contributed by atoms with Gasteiger partial charge in [-0.3, -0.25) is 19.5 Å². The Hall–Kier alpha value is -3.52. The molecule has 222 valence electrons. The lowest BCUT2D eigenvalue weighted by Crippen LogP contribution is -2.58. The first-order chi connectivity index (χ1) is 18.9. The smallest absolute Gasteiger partial charge is 0.341 e. The van der Waals surface area contributed by atoms with E-state index in [-0.39, 0.29) is 36.1 Å². The van der Waals surface area contributed by atoms with E-state index in [1.807, 2.05) is 17.0 Å². The van der Waals surface area contributed by atoms with Crippen LogP contribution in [0.4, 0.5) is 10.6 Å². The highest BCUT2D eigenvalue weighted by Gasteiger charge is 2.54. The molecule has 2 saturated heterocycles. The van der Waals surface area contributed by atoms with Gasteiger partial charge < -0.3 is 31.9 Å². The van der Waals surface area contributed by atoms with Crippen molar-refractivity contribution in [2.45, 2.75) is 37.9 Å². The number of nitrogens with zero attached hydrogens (tertiary/aromatic N) is 5. The molecule has 13 nitrogen and oxygen atoms in total. The van der Waals surface area contributed by atoms with Crippen molar-refractivity contribution in [3.63, 3.8) is 0 Å². The zero-order valence-electron chi connectivity index (χ0n) is 23.2. The van der Waals surface area contributed by atoms with E-state index in [0.29, 0.717) is 63.2 Å². The van der Waals surface area contributed by atoms with E-state index in [1.54, 1.807) is 48.0 Å². The van der Waals surface area contributed by atoms with Crippen molar-refractivity contribution in [3.8, 4) is 5.69 Å². The van der Waals surface area contributed by atoms with Crippen LogP contribution in [0.1, 0.15) is 19.4 Å². The largest absolute Gasteiger partial charge is 0.354 e. The van der Waals surface area contributed by atoms with Gasteiger partial charge in [-0.25, -0.2) is 9.59 Å². The van der Waals surface area contributed by atoms with E-state index in [4.69, 9.17) is 17.2 Å². The molecule has 3 atom stereocenters. The molecule has 14 heteroatoms. The maximum Gasteiger partial charge on any atom is 0.354 e. The van der Waals surface area contributed by atoms with Crippen molar-refractivity contribution >= 4 is 36.1 Å². The summed E-state index contributed by atoms with van der Waals surface area (Å²) in [7, 11) is 0. The molecule has 1 aromatic carbocycles. The van der Waals surface area contributed by atoms with Crippen molar-refractivity contribution in [1.82, 2.24) is 24.3 Å². The van der Waals surface area contributed by atoms with E-state index >= 15 is 0 Å². The normalized spacial score (nSPS) is 22.5. The molecule has 2 aliphatic heterocycles. The number of nitrogens with two attached hydrogens (primary N) is 3. The summed E-state index contributed by atoms with van der Waals surface area (Å²) in [4.78, 5) is 59.5. The first-order valence-electron chi connectivity index (χ1n) is 13.6. The van der Waals surface area contributed by atoms with Gasteiger partial charge in [-0.15, -0.1) is 12.4 Å². The van der Waals surface area contributed by atoms with Crippen LogP contribution in [0.3, 0.4) is 0 Å². The van der Waals surface area contributed by atoms with Gasteiger partial charge in [0.15, 0.2) is 0 Å². The Bertz CT molecular complexity index is 1340. The van der Waals surface area contributed by atoms with Crippen molar-refractivity contribution in [2.75, 3.05) is 44.6 Å². The Labute approximate surface area is 244 Å². The minimum Gasteiger partial charge on any atom is -0.341 e. The zero-order valence-corrected chi connectivity index (χ0v) is 24.0. The topological polar surface area (TPSA) is 186 Å². The number of nitrogens with one attached hydrogen (secondary N) is 1. The van der Waals surface area contributed by atoms with Gasteiger partial charge in [0.1, 0.15) is 5.82 Å². The molecule has 41 heavy (non-hydrogen) atoms. The average molecular weight is 588 g/mol. The minimum atomic E-state index is -0.965. The summed E-state index contributed by atoms with van der Waals surface area (Å²) < 4.78 is 1.36. The summed E-state index contributed by atoms with van der Waals surface area (Å²) in [5.74, 6) is 0.745. The second-order valence-electron chi connectivity index (χ2n) is 11.5. The SMILES string of the molecule is CC(C)(N)C(=O)N1CCN(C(=O)Nc2ccn(-c3ccc(C[C@H](N)C(=O)N4CC5C(N)C5C4)cc3)c(=O)n2)CC1.Cl. The molecule has 1 saturated carbocycles. The Balaban J connectivity index is 0.00000387. The number of carbonyl (C=O) groups is 3. The molecule has 0 radical (unpaired) electrons. The first-order valence-corrected chi connectivity index (χ1v) is 13.6. The summed E-state index contributed by atoms with van der Waals surface area (Å²) in [5, 5.41) is 2.66. The number of rotatable bonds is 6. The molecule has 1 aromatic heterocycles. The van der Waals surface area contributed by atoms with Gasteiger partial charge in [-0.05, 0) is 55.9 Å². The van der Waals surface area contributed by atoms with Crippen LogP contribution in [-0.2, 0) is 16.0 Å². The number of halogens is 1. The van der Waals surface area contributed by atoms with Crippen LogP contribution >= 0.6 is 12.4 Å². The molecule has 1 aliphatic carbocycles. The van der Waals surface area contributed by atoms with Gasteiger partial charge in [-0.1, -0.05) is 12.1 Å². The number of piperidine rings is 1.